The monoisotopic (exact) mass is 242 g/mol. The highest BCUT2D eigenvalue weighted by Crippen LogP contribution is 2.27. The predicted octanol–water partition coefficient (Wildman–Crippen LogP) is 1.26. The van der Waals surface area contributed by atoms with E-state index in [1.54, 1.807) is 0 Å². The Morgan fingerprint density at radius 2 is 2.00 bits per heavy atom. The minimum Gasteiger partial charge on any atom is -0.329 e. The van der Waals surface area contributed by atoms with Gasteiger partial charge in [0.15, 0.2) is 0 Å². The van der Waals surface area contributed by atoms with Crippen molar-refractivity contribution in [1.82, 2.24) is 4.90 Å². The molecule has 0 spiro atoms. The van der Waals surface area contributed by atoms with Crippen LogP contribution in [0.25, 0.3) is 0 Å². The molecule has 2 N–H and O–H groups in total. The first-order valence-electron chi connectivity index (χ1n) is 4.79. The number of hydrogen-bond acceptors (Lipinski definition) is 2. The van der Waals surface area contributed by atoms with E-state index >= 15 is 0 Å². The highest BCUT2D eigenvalue weighted by atomic mass is 35.5. The molecule has 0 bridgehead atoms. The molecule has 0 aromatic rings. The number of hydrogen-bond donors (Lipinski definition) is 1. The van der Waals surface area contributed by atoms with E-state index in [4.69, 9.17) is 5.73 Å². The minimum atomic E-state index is -2.70. The van der Waals surface area contributed by atoms with E-state index in [2.05, 4.69) is 0 Å². The van der Waals surface area contributed by atoms with Crippen LogP contribution in [0.15, 0.2) is 0 Å². The summed E-state index contributed by atoms with van der Waals surface area (Å²) in [7, 11) is 0. The van der Waals surface area contributed by atoms with Gasteiger partial charge in [-0.1, -0.05) is 20.3 Å². The number of amides is 1. The number of alkyl halides is 2. The van der Waals surface area contributed by atoms with Gasteiger partial charge in [0.25, 0.3) is 5.92 Å². The number of nitrogens with two attached hydrogens (primary N) is 1. The fourth-order valence-electron chi connectivity index (χ4n) is 1.38. The van der Waals surface area contributed by atoms with E-state index in [1.807, 2.05) is 13.8 Å². The van der Waals surface area contributed by atoms with Crippen molar-refractivity contribution in [1.29, 1.82) is 0 Å². The molecule has 0 saturated carbocycles. The van der Waals surface area contributed by atoms with Crippen LogP contribution in [0, 0.1) is 5.92 Å². The standard InChI is InChI=1S/C9H16F2N2O.ClH/c1-3-6(2)7(12)8(14)13-4-9(10,11)5-13;/h6-7H,3-5,12H2,1-2H3;1H/t6?,7-;/m0./s1. The zero-order chi connectivity index (χ0) is 10.9. The topological polar surface area (TPSA) is 46.3 Å². The van der Waals surface area contributed by atoms with E-state index in [0.29, 0.717) is 0 Å². The molecular formula is C9H17ClF2N2O. The maximum atomic E-state index is 12.5. The zero-order valence-electron chi connectivity index (χ0n) is 8.87. The van der Waals surface area contributed by atoms with Crippen LogP contribution in [0.5, 0.6) is 0 Å². The summed E-state index contributed by atoms with van der Waals surface area (Å²) in [6.07, 6.45) is 0.775. The Morgan fingerprint density at radius 3 is 2.33 bits per heavy atom. The fraction of sp³-hybridized carbons (Fsp3) is 0.889. The summed E-state index contributed by atoms with van der Waals surface area (Å²) >= 11 is 0. The lowest BCUT2D eigenvalue weighted by Crippen LogP contribution is -2.62. The smallest absolute Gasteiger partial charge is 0.282 e. The van der Waals surface area contributed by atoms with Gasteiger partial charge in [-0.25, -0.2) is 8.78 Å². The van der Waals surface area contributed by atoms with Crippen LogP contribution in [0.4, 0.5) is 8.78 Å². The number of likely N-dealkylation sites (tertiary alicyclic amines) is 1. The Kier molecular flexibility index (Phi) is 4.93. The molecule has 1 aliphatic rings. The van der Waals surface area contributed by atoms with Crippen LogP contribution in [0.3, 0.4) is 0 Å². The molecule has 6 heteroatoms. The van der Waals surface area contributed by atoms with E-state index in [0.717, 1.165) is 11.3 Å². The maximum Gasteiger partial charge on any atom is 0.282 e. The van der Waals surface area contributed by atoms with Crippen molar-refractivity contribution in [2.45, 2.75) is 32.2 Å². The number of nitrogens with zero attached hydrogens (tertiary/aromatic N) is 1. The third-order valence-corrected chi connectivity index (χ3v) is 2.70. The van der Waals surface area contributed by atoms with Gasteiger partial charge in [-0.2, -0.15) is 0 Å². The largest absolute Gasteiger partial charge is 0.329 e. The molecule has 90 valence electrons. The van der Waals surface area contributed by atoms with Gasteiger partial charge in [-0.3, -0.25) is 4.79 Å². The van der Waals surface area contributed by atoms with Crippen molar-refractivity contribution in [2.24, 2.45) is 11.7 Å². The Morgan fingerprint density at radius 1 is 1.53 bits per heavy atom. The van der Waals surface area contributed by atoms with Crippen LogP contribution in [-0.2, 0) is 4.79 Å². The van der Waals surface area contributed by atoms with Crippen molar-refractivity contribution in [3.63, 3.8) is 0 Å². The number of carbonyl (C=O) groups is 1. The van der Waals surface area contributed by atoms with Gasteiger partial charge in [0, 0.05) is 0 Å². The summed E-state index contributed by atoms with van der Waals surface area (Å²) in [5, 5.41) is 0. The SMILES string of the molecule is CCC(C)[C@H](N)C(=O)N1CC(F)(F)C1.Cl. The average Bonchev–Trinajstić information content (AvgIpc) is 2.10. The molecule has 0 aliphatic carbocycles. The zero-order valence-corrected chi connectivity index (χ0v) is 9.69. The van der Waals surface area contributed by atoms with Crippen LogP contribution in [-0.4, -0.2) is 35.9 Å². The summed E-state index contributed by atoms with van der Waals surface area (Å²) in [6.45, 7) is 2.81. The molecule has 1 amide bonds. The first-order valence-corrected chi connectivity index (χ1v) is 4.79. The lowest BCUT2D eigenvalue weighted by atomic mass is 9.97. The van der Waals surface area contributed by atoms with Crippen molar-refractivity contribution in [3.8, 4) is 0 Å². The van der Waals surface area contributed by atoms with Gasteiger partial charge in [-0.15, -0.1) is 12.4 Å². The Bertz CT molecular complexity index is 230. The van der Waals surface area contributed by atoms with Gasteiger partial charge in [0.1, 0.15) is 0 Å². The van der Waals surface area contributed by atoms with Crippen molar-refractivity contribution < 1.29 is 13.6 Å². The van der Waals surface area contributed by atoms with Gasteiger partial charge in [-0.05, 0) is 5.92 Å². The lowest BCUT2D eigenvalue weighted by Gasteiger charge is -2.40. The minimum absolute atomic E-state index is 0. The quantitative estimate of drug-likeness (QED) is 0.810. The van der Waals surface area contributed by atoms with Crippen LogP contribution < -0.4 is 5.73 Å². The van der Waals surface area contributed by atoms with Gasteiger partial charge >= 0.3 is 0 Å². The Balaban J connectivity index is 0.00000196. The number of rotatable bonds is 3. The molecule has 0 radical (unpaired) electrons. The first kappa shape index (κ1) is 14.6. The molecule has 15 heavy (non-hydrogen) atoms. The van der Waals surface area contributed by atoms with Gasteiger partial charge in [0.2, 0.25) is 5.91 Å². The van der Waals surface area contributed by atoms with Crippen LogP contribution in [0.2, 0.25) is 0 Å². The summed E-state index contributed by atoms with van der Waals surface area (Å²) in [5.74, 6) is -3.02. The van der Waals surface area contributed by atoms with E-state index in [9.17, 15) is 13.6 Å². The summed E-state index contributed by atoms with van der Waals surface area (Å²) in [4.78, 5) is 12.6. The van der Waals surface area contributed by atoms with Crippen molar-refractivity contribution in [2.75, 3.05) is 13.1 Å². The van der Waals surface area contributed by atoms with E-state index in [-0.39, 0.29) is 24.2 Å². The molecule has 0 aromatic carbocycles. The third-order valence-electron chi connectivity index (χ3n) is 2.70. The second kappa shape index (κ2) is 5.07. The Labute approximate surface area is 94.4 Å². The van der Waals surface area contributed by atoms with E-state index < -0.39 is 25.1 Å². The van der Waals surface area contributed by atoms with Crippen molar-refractivity contribution >= 4 is 18.3 Å². The second-order valence-electron chi connectivity index (χ2n) is 3.96. The summed E-state index contributed by atoms with van der Waals surface area (Å²) < 4.78 is 24.9. The summed E-state index contributed by atoms with van der Waals surface area (Å²) in [5.41, 5.74) is 5.63. The highest BCUT2D eigenvalue weighted by Gasteiger charge is 2.47. The van der Waals surface area contributed by atoms with Crippen LogP contribution >= 0.6 is 12.4 Å². The molecule has 1 fully saturated rings. The molecule has 1 heterocycles. The molecule has 2 atom stereocenters. The van der Waals surface area contributed by atoms with Gasteiger partial charge < -0.3 is 10.6 Å². The predicted molar refractivity (Wildman–Crippen MR) is 56.2 cm³/mol. The highest BCUT2D eigenvalue weighted by molar-refractivity contribution is 5.85. The van der Waals surface area contributed by atoms with Crippen LogP contribution in [0.1, 0.15) is 20.3 Å². The molecule has 0 aromatic heterocycles. The second-order valence-corrected chi connectivity index (χ2v) is 3.96. The fourth-order valence-corrected chi connectivity index (χ4v) is 1.38. The average molecular weight is 243 g/mol. The van der Waals surface area contributed by atoms with E-state index in [1.165, 1.54) is 0 Å². The molecule has 1 aliphatic heterocycles. The molecule has 1 saturated heterocycles. The number of halogens is 3. The maximum absolute atomic E-state index is 12.5. The third kappa shape index (κ3) is 3.28. The van der Waals surface area contributed by atoms with Gasteiger partial charge in [0.05, 0.1) is 19.1 Å². The summed E-state index contributed by atoms with van der Waals surface area (Å²) in [6, 6.07) is -0.643. The first-order chi connectivity index (χ1) is 6.37. The number of carbonyl (C=O) groups excluding carboxylic acids is 1. The Hall–Kier alpha value is -0.420. The molecule has 3 nitrogen and oxygen atoms in total. The molecule has 1 rings (SSSR count). The lowest BCUT2D eigenvalue weighted by molar-refractivity contribution is -0.167. The van der Waals surface area contributed by atoms with Crippen molar-refractivity contribution in [3.05, 3.63) is 0 Å². The normalized spacial score (nSPS) is 22.3. The molecule has 1 unspecified atom stereocenters. The molecular weight excluding hydrogens is 226 g/mol.